The lowest BCUT2D eigenvalue weighted by Gasteiger charge is -2.02. The SMILES string of the molecule is O=C(O)C=Cc1ccc(CNS(=O)(=O)c2cccs2)s1. The van der Waals surface area contributed by atoms with Crippen LogP contribution in [0, 0.1) is 0 Å². The molecule has 0 aromatic carbocycles. The van der Waals surface area contributed by atoms with Crippen molar-refractivity contribution in [2.45, 2.75) is 10.8 Å². The fraction of sp³-hybridized carbons (Fsp3) is 0.0833. The molecule has 0 atom stereocenters. The minimum absolute atomic E-state index is 0.186. The summed E-state index contributed by atoms with van der Waals surface area (Å²) < 4.78 is 26.6. The zero-order valence-corrected chi connectivity index (χ0v) is 12.6. The zero-order chi connectivity index (χ0) is 14.6. The quantitative estimate of drug-likeness (QED) is 0.797. The maximum atomic E-state index is 11.9. The van der Waals surface area contributed by atoms with Crippen LogP contribution in [0.4, 0.5) is 0 Å². The smallest absolute Gasteiger partial charge is 0.328 e. The third kappa shape index (κ3) is 4.01. The Morgan fingerprint density at radius 1 is 1.35 bits per heavy atom. The molecule has 20 heavy (non-hydrogen) atoms. The van der Waals surface area contributed by atoms with Crippen molar-refractivity contribution in [3.05, 3.63) is 45.5 Å². The molecule has 0 aliphatic heterocycles. The Bertz CT molecular complexity index is 714. The van der Waals surface area contributed by atoms with E-state index >= 15 is 0 Å². The van der Waals surface area contributed by atoms with Crippen LogP contribution in [-0.2, 0) is 21.4 Å². The van der Waals surface area contributed by atoms with E-state index in [0.717, 1.165) is 27.2 Å². The second kappa shape index (κ2) is 6.31. The predicted octanol–water partition coefficient (Wildman–Crippen LogP) is 2.39. The summed E-state index contributed by atoms with van der Waals surface area (Å²) in [4.78, 5) is 12.0. The second-order valence-electron chi connectivity index (χ2n) is 3.73. The summed E-state index contributed by atoms with van der Waals surface area (Å²) in [6, 6.07) is 6.74. The van der Waals surface area contributed by atoms with Crippen LogP contribution in [0.3, 0.4) is 0 Å². The van der Waals surface area contributed by atoms with Gasteiger partial charge in [0.2, 0.25) is 10.0 Å². The molecule has 2 aromatic rings. The van der Waals surface area contributed by atoms with Gasteiger partial charge in [0.1, 0.15) is 4.21 Å². The van der Waals surface area contributed by atoms with Crippen molar-refractivity contribution in [2.24, 2.45) is 0 Å². The van der Waals surface area contributed by atoms with Crippen molar-refractivity contribution in [2.75, 3.05) is 0 Å². The molecule has 0 bridgehead atoms. The van der Waals surface area contributed by atoms with Crippen molar-refractivity contribution in [1.82, 2.24) is 4.72 Å². The van der Waals surface area contributed by atoms with Gasteiger partial charge in [-0.1, -0.05) is 6.07 Å². The summed E-state index contributed by atoms with van der Waals surface area (Å²) in [7, 11) is -3.47. The Labute approximate surface area is 124 Å². The van der Waals surface area contributed by atoms with Gasteiger partial charge in [0.15, 0.2) is 0 Å². The van der Waals surface area contributed by atoms with E-state index in [4.69, 9.17) is 5.11 Å². The van der Waals surface area contributed by atoms with E-state index in [0.29, 0.717) is 0 Å². The molecular formula is C12H11NO4S3. The summed E-state index contributed by atoms with van der Waals surface area (Å²) >= 11 is 2.50. The number of hydrogen-bond donors (Lipinski definition) is 2. The van der Waals surface area contributed by atoms with Crippen molar-refractivity contribution in [3.8, 4) is 0 Å². The number of carboxylic acids is 1. The molecular weight excluding hydrogens is 318 g/mol. The topological polar surface area (TPSA) is 83.5 Å². The van der Waals surface area contributed by atoms with E-state index in [2.05, 4.69) is 4.72 Å². The highest BCUT2D eigenvalue weighted by atomic mass is 32.2. The molecule has 0 saturated heterocycles. The van der Waals surface area contributed by atoms with E-state index in [9.17, 15) is 13.2 Å². The van der Waals surface area contributed by atoms with Crippen LogP contribution in [0.1, 0.15) is 9.75 Å². The van der Waals surface area contributed by atoms with Gasteiger partial charge < -0.3 is 5.11 Å². The molecule has 2 rings (SSSR count). The average molecular weight is 329 g/mol. The first-order chi connectivity index (χ1) is 9.47. The van der Waals surface area contributed by atoms with Gasteiger partial charge in [-0.25, -0.2) is 17.9 Å². The fourth-order valence-corrected chi connectivity index (χ4v) is 4.38. The zero-order valence-electron chi connectivity index (χ0n) is 10.1. The van der Waals surface area contributed by atoms with E-state index in [1.54, 1.807) is 29.6 Å². The molecule has 5 nitrogen and oxygen atoms in total. The van der Waals surface area contributed by atoms with Gasteiger partial charge in [0.05, 0.1) is 0 Å². The monoisotopic (exact) mass is 329 g/mol. The standard InChI is InChI=1S/C12H11NO4S3/c14-11(15)6-5-9-3-4-10(19-9)8-13-20(16,17)12-2-1-7-18-12/h1-7,13H,8H2,(H,14,15). The van der Waals surface area contributed by atoms with Crippen LogP contribution in [0.15, 0.2) is 39.9 Å². The van der Waals surface area contributed by atoms with Crippen LogP contribution in [0.2, 0.25) is 0 Å². The molecule has 2 N–H and O–H groups in total. The van der Waals surface area contributed by atoms with Crippen molar-refractivity contribution >= 4 is 44.7 Å². The summed E-state index contributed by atoms with van der Waals surface area (Å²) in [5.41, 5.74) is 0. The van der Waals surface area contributed by atoms with Crippen LogP contribution >= 0.6 is 22.7 Å². The van der Waals surface area contributed by atoms with Gasteiger partial charge in [-0.3, -0.25) is 0 Å². The van der Waals surface area contributed by atoms with Crippen molar-refractivity contribution in [1.29, 1.82) is 0 Å². The Morgan fingerprint density at radius 2 is 2.15 bits per heavy atom. The van der Waals surface area contributed by atoms with E-state index in [-0.39, 0.29) is 10.8 Å². The van der Waals surface area contributed by atoms with Gasteiger partial charge in [-0.15, -0.1) is 22.7 Å². The normalized spacial score (nSPS) is 12.0. The van der Waals surface area contributed by atoms with E-state index in [1.165, 1.54) is 17.4 Å². The number of carbonyl (C=O) groups is 1. The Morgan fingerprint density at radius 3 is 2.80 bits per heavy atom. The Balaban J connectivity index is 2.00. The Kier molecular flexibility index (Phi) is 4.71. The Hall–Kier alpha value is -1.48. The van der Waals surface area contributed by atoms with Crippen LogP contribution < -0.4 is 4.72 Å². The van der Waals surface area contributed by atoms with E-state index in [1.807, 2.05) is 0 Å². The summed E-state index contributed by atoms with van der Waals surface area (Å²) in [5.74, 6) is -1.02. The lowest BCUT2D eigenvalue weighted by Crippen LogP contribution is -2.21. The number of thiophene rings is 2. The minimum atomic E-state index is -3.47. The van der Waals surface area contributed by atoms with Crippen LogP contribution in [0.25, 0.3) is 6.08 Å². The van der Waals surface area contributed by atoms with Gasteiger partial charge >= 0.3 is 5.97 Å². The first-order valence-corrected chi connectivity index (χ1v) is 8.68. The van der Waals surface area contributed by atoms with Gasteiger partial charge in [-0.05, 0) is 29.7 Å². The molecule has 8 heteroatoms. The molecule has 0 unspecified atom stereocenters. The molecule has 106 valence electrons. The highest BCUT2D eigenvalue weighted by Crippen LogP contribution is 2.20. The van der Waals surface area contributed by atoms with Gasteiger partial charge in [-0.2, -0.15) is 0 Å². The third-order valence-corrected chi connectivity index (χ3v) is 6.12. The summed E-state index contributed by atoms with van der Waals surface area (Å²) in [5, 5.41) is 10.2. The predicted molar refractivity (Wildman–Crippen MR) is 79.3 cm³/mol. The number of aliphatic carboxylic acids is 1. The molecule has 0 aliphatic rings. The van der Waals surface area contributed by atoms with Gasteiger partial charge in [0.25, 0.3) is 0 Å². The molecule has 0 radical (unpaired) electrons. The number of nitrogens with one attached hydrogen (secondary N) is 1. The third-order valence-electron chi connectivity index (χ3n) is 2.27. The number of sulfonamides is 1. The van der Waals surface area contributed by atoms with Crippen LogP contribution in [0.5, 0.6) is 0 Å². The highest BCUT2D eigenvalue weighted by molar-refractivity contribution is 7.91. The summed E-state index contributed by atoms with van der Waals surface area (Å²) in [6.07, 6.45) is 2.52. The summed E-state index contributed by atoms with van der Waals surface area (Å²) in [6.45, 7) is 0.186. The van der Waals surface area contributed by atoms with Crippen molar-refractivity contribution < 1.29 is 18.3 Å². The lowest BCUT2D eigenvalue weighted by atomic mass is 10.4. The maximum Gasteiger partial charge on any atom is 0.328 e. The molecule has 0 fully saturated rings. The average Bonchev–Trinajstić information content (AvgIpc) is 3.06. The molecule has 0 amide bonds. The van der Waals surface area contributed by atoms with Gasteiger partial charge in [0, 0.05) is 22.4 Å². The minimum Gasteiger partial charge on any atom is -0.478 e. The number of hydrogen-bond acceptors (Lipinski definition) is 5. The molecule has 0 saturated carbocycles. The lowest BCUT2D eigenvalue weighted by molar-refractivity contribution is -0.131. The maximum absolute atomic E-state index is 11.9. The first kappa shape index (κ1) is 14.9. The number of rotatable bonds is 6. The molecule has 2 heterocycles. The molecule has 2 aromatic heterocycles. The van der Waals surface area contributed by atoms with Crippen LogP contribution in [-0.4, -0.2) is 19.5 Å². The largest absolute Gasteiger partial charge is 0.478 e. The molecule has 0 spiro atoms. The van der Waals surface area contributed by atoms with Crippen molar-refractivity contribution in [3.63, 3.8) is 0 Å². The fourth-order valence-electron chi connectivity index (χ4n) is 1.39. The second-order valence-corrected chi connectivity index (χ2v) is 7.87. The van der Waals surface area contributed by atoms with E-state index < -0.39 is 16.0 Å². The highest BCUT2D eigenvalue weighted by Gasteiger charge is 2.14. The molecule has 0 aliphatic carbocycles. The first-order valence-electron chi connectivity index (χ1n) is 5.50. The number of carboxylic acid groups (broad SMARTS) is 1.